The summed E-state index contributed by atoms with van der Waals surface area (Å²) in [7, 11) is 0. The van der Waals surface area contributed by atoms with Crippen LogP contribution in [0.4, 0.5) is 4.79 Å². The van der Waals surface area contributed by atoms with Crippen molar-refractivity contribution in [1.29, 1.82) is 0 Å². The van der Waals surface area contributed by atoms with Gasteiger partial charge in [-0.1, -0.05) is 48.5 Å². The van der Waals surface area contributed by atoms with Crippen LogP contribution in [0.15, 0.2) is 48.5 Å². The molecule has 5 N–H and O–H groups in total. The SMILES string of the molecule is N[C@@H](CCCCNC(=O)CNC(=O)[C@@H]1CCCN1C(=O)OCC1c2ccccc2-c2ccccc21)C(=O)O. The standard InChI is InChI=1S/C28H34N4O6/c29-23(27(35)36)12-5-6-14-30-25(33)16-31-26(34)24-13-7-15-32(24)28(37)38-17-22-20-10-3-1-8-18(20)19-9-2-4-11-21(19)22/h1-4,8-11,22-24H,5-7,12-17,29H2,(H,30,33)(H,31,34)(H,35,36)/t23-,24-/m0/s1. The van der Waals surface area contributed by atoms with Crippen molar-refractivity contribution < 1.29 is 29.0 Å². The Morgan fingerprint density at radius 2 is 1.66 bits per heavy atom. The van der Waals surface area contributed by atoms with Crippen molar-refractivity contribution in [2.24, 2.45) is 5.73 Å². The monoisotopic (exact) mass is 522 g/mol. The summed E-state index contributed by atoms with van der Waals surface area (Å²) in [5.41, 5.74) is 9.97. The first-order valence-corrected chi connectivity index (χ1v) is 13.0. The number of amides is 3. The first kappa shape index (κ1) is 27.1. The molecule has 3 amide bonds. The number of nitrogens with zero attached hydrogens (tertiary/aromatic N) is 1. The van der Waals surface area contributed by atoms with Gasteiger partial charge in [-0.05, 0) is 54.4 Å². The van der Waals surface area contributed by atoms with E-state index in [0.29, 0.717) is 45.2 Å². The molecule has 2 aliphatic rings. The Bertz CT molecular complexity index is 1140. The molecule has 0 radical (unpaired) electrons. The van der Waals surface area contributed by atoms with Crippen molar-refractivity contribution in [3.8, 4) is 11.1 Å². The number of hydrogen-bond acceptors (Lipinski definition) is 6. The number of rotatable bonds is 11. The number of unbranched alkanes of at least 4 members (excludes halogenated alkanes) is 1. The van der Waals surface area contributed by atoms with Crippen molar-refractivity contribution in [2.75, 3.05) is 26.2 Å². The zero-order chi connectivity index (χ0) is 27.1. The highest BCUT2D eigenvalue weighted by atomic mass is 16.6. The lowest BCUT2D eigenvalue weighted by atomic mass is 9.98. The van der Waals surface area contributed by atoms with Gasteiger partial charge in [0.1, 0.15) is 18.7 Å². The molecule has 1 fully saturated rings. The van der Waals surface area contributed by atoms with E-state index in [4.69, 9.17) is 15.6 Å². The van der Waals surface area contributed by atoms with Crippen molar-refractivity contribution >= 4 is 23.9 Å². The normalized spacial score (nSPS) is 16.9. The summed E-state index contributed by atoms with van der Waals surface area (Å²) in [6.07, 6.45) is 2.12. The third-order valence-electron chi connectivity index (χ3n) is 7.13. The highest BCUT2D eigenvalue weighted by molar-refractivity contribution is 5.90. The van der Waals surface area contributed by atoms with Gasteiger partial charge in [-0.25, -0.2) is 4.79 Å². The summed E-state index contributed by atoms with van der Waals surface area (Å²) >= 11 is 0. The van der Waals surface area contributed by atoms with Crippen LogP contribution in [0, 0.1) is 0 Å². The molecule has 0 saturated carbocycles. The van der Waals surface area contributed by atoms with Gasteiger partial charge in [-0.2, -0.15) is 0 Å². The molecule has 38 heavy (non-hydrogen) atoms. The van der Waals surface area contributed by atoms with Gasteiger partial charge in [0.15, 0.2) is 0 Å². The third kappa shape index (κ3) is 6.31. The smallest absolute Gasteiger partial charge is 0.410 e. The van der Waals surface area contributed by atoms with E-state index >= 15 is 0 Å². The molecule has 1 aliphatic carbocycles. The van der Waals surface area contributed by atoms with Crippen LogP contribution in [-0.2, 0) is 19.1 Å². The number of likely N-dealkylation sites (tertiary alicyclic amines) is 1. The molecule has 10 heteroatoms. The predicted molar refractivity (Wildman–Crippen MR) is 140 cm³/mol. The number of aliphatic carboxylic acids is 1. The Balaban J connectivity index is 1.23. The number of carboxylic acids is 1. The van der Waals surface area contributed by atoms with Gasteiger partial charge in [0.2, 0.25) is 11.8 Å². The van der Waals surface area contributed by atoms with Crippen molar-refractivity contribution in [2.45, 2.75) is 50.1 Å². The van der Waals surface area contributed by atoms with E-state index in [2.05, 4.69) is 34.9 Å². The number of ether oxygens (including phenoxy) is 1. The third-order valence-corrected chi connectivity index (χ3v) is 7.13. The zero-order valence-electron chi connectivity index (χ0n) is 21.2. The molecular formula is C28H34N4O6. The minimum absolute atomic E-state index is 0.0650. The minimum atomic E-state index is -1.05. The van der Waals surface area contributed by atoms with Crippen LogP contribution in [-0.4, -0.2) is 72.2 Å². The Kier molecular flexibility index (Phi) is 8.96. The maximum atomic E-state index is 13.0. The minimum Gasteiger partial charge on any atom is -0.480 e. The Morgan fingerprint density at radius 1 is 1.00 bits per heavy atom. The first-order chi connectivity index (χ1) is 18.4. The molecule has 1 heterocycles. The summed E-state index contributed by atoms with van der Waals surface area (Å²) in [5.74, 6) is -1.86. The van der Waals surface area contributed by atoms with Crippen LogP contribution in [0.25, 0.3) is 11.1 Å². The maximum Gasteiger partial charge on any atom is 0.410 e. The summed E-state index contributed by atoms with van der Waals surface area (Å²) in [4.78, 5) is 50.0. The average Bonchev–Trinajstić information content (AvgIpc) is 3.53. The average molecular weight is 523 g/mol. The fraction of sp³-hybridized carbons (Fsp3) is 0.429. The van der Waals surface area contributed by atoms with E-state index in [0.717, 1.165) is 22.3 Å². The highest BCUT2D eigenvalue weighted by Gasteiger charge is 2.36. The molecule has 1 aliphatic heterocycles. The summed E-state index contributed by atoms with van der Waals surface area (Å²) in [5, 5.41) is 14.1. The van der Waals surface area contributed by atoms with E-state index in [-0.39, 0.29) is 25.0 Å². The van der Waals surface area contributed by atoms with Crippen LogP contribution in [0.5, 0.6) is 0 Å². The van der Waals surface area contributed by atoms with Crippen LogP contribution >= 0.6 is 0 Å². The topological polar surface area (TPSA) is 151 Å². The number of carboxylic acid groups (broad SMARTS) is 1. The first-order valence-electron chi connectivity index (χ1n) is 13.0. The number of benzene rings is 2. The molecule has 0 unspecified atom stereocenters. The highest BCUT2D eigenvalue weighted by Crippen LogP contribution is 2.44. The van der Waals surface area contributed by atoms with Gasteiger partial charge in [0, 0.05) is 19.0 Å². The number of carbonyl (C=O) groups is 4. The number of nitrogens with two attached hydrogens (primary N) is 1. The lowest BCUT2D eigenvalue weighted by Gasteiger charge is -2.24. The van der Waals surface area contributed by atoms with E-state index in [9.17, 15) is 19.2 Å². The number of fused-ring (bicyclic) bond motifs is 3. The molecular weight excluding hydrogens is 488 g/mol. The fourth-order valence-corrected chi connectivity index (χ4v) is 5.12. The second kappa shape index (κ2) is 12.6. The second-order valence-electron chi connectivity index (χ2n) is 9.66. The predicted octanol–water partition coefficient (Wildman–Crippen LogP) is 2.21. The van der Waals surface area contributed by atoms with Crippen molar-refractivity contribution in [3.05, 3.63) is 59.7 Å². The largest absolute Gasteiger partial charge is 0.480 e. The van der Waals surface area contributed by atoms with Gasteiger partial charge in [0.05, 0.1) is 6.54 Å². The molecule has 4 rings (SSSR count). The number of carbonyl (C=O) groups excluding carboxylic acids is 3. The fourth-order valence-electron chi connectivity index (χ4n) is 5.12. The number of hydrogen-bond donors (Lipinski definition) is 4. The van der Waals surface area contributed by atoms with Gasteiger partial charge < -0.3 is 26.2 Å². The van der Waals surface area contributed by atoms with Crippen molar-refractivity contribution in [1.82, 2.24) is 15.5 Å². The molecule has 0 bridgehead atoms. The van der Waals surface area contributed by atoms with Gasteiger partial charge in [-0.3, -0.25) is 19.3 Å². The van der Waals surface area contributed by atoms with Gasteiger partial charge in [0.25, 0.3) is 0 Å². The Labute approximate surface area is 221 Å². The molecule has 10 nitrogen and oxygen atoms in total. The van der Waals surface area contributed by atoms with Gasteiger partial charge in [-0.15, -0.1) is 0 Å². The van der Waals surface area contributed by atoms with Crippen LogP contribution in [0.2, 0.25) is 0 Å². The van der Waals surface area contributed by atoms with E-state index in [1.807, 2.05) is 24.3 Å². The summed E-state index contributed by atoms with van der Waals surface area (Å²) < 4.78 is 5.72. The van der Waals surface area contributed by atoms with E-state index in [1.165, 1.54) is 4.90 Å². The molecule has 0 spiro atoms. The molecule has 1 saturated heterocycles. The lowest BCUT2D eigenvalue weighted by Crippen LogP contribution is -2.48. The molecule has 202 valence electrons. The van der Waals surface area contributed by atoms with Crippen LogP contribution < -0.4 is 16.4 Å². The maximum absolute atomic E-state index is 13.0. The van der Waals surface area contributed by atoms with E-state index < -0.39 is 30.1 Å². The van der Waals surface area contributed by atoms with Crippen LogP contribution in [0.1, 0.15) is 49.1 Å². The van der Waals surface area contributed by atoms with Gasteiger partial charge >= 0.3 is 12.1 Å². The quantitative estimate of drug-likeness (QED) is 0.330. The summed E-state index contributed by atoms with van der Waals surface area (Å²) in [6, 6.07) is 14.6. The lowest BCUT2D eigenvalue weighted by molar-refractivity contribution is -0.138. The van der Waals surface area contributed by atoms with Crippen LogP contribution in [0.3, 0.4) is 0 Å². The summed E-state index contributed by atoms with van der Waals surface area (Å²) in [6.45, 7) is 0.746. The van der Waals surface area contributed by atoms with Crippen molar-refractivity contribution in [3.63, 3.8) is 0 Å². The molecule has 2 aromatic rings. The molecule has 2 aromatic carbocycles. The second-order valence-corrected chi connectivity index (χ2v) is 9.66. The van der Waals surface area contributed by atoms with E-state index in [1.54, 1.807) is 0 Å². The zero-order valence-corrected chi connectivity index (χ0v) is 21.2. The molecule has 2 atom stereocenters. The molecule has 0 aromatic heterocycles. The Hall–Kier alpha value is -3.92. The number of nitrogens with one attached hydrogen (secondary N) is 2. The Morgan fingerprint density at radius 3 is 2.32 bits per heavy atom.